The van der Waals surface area contributed by atoms with E-state index in [0.29, 0.717) is 11.6 Å². The van der Waals surface area contributed by atoms with Crippen LogP contribution in [0.4, 0.5) is 17.1 Å². The summed E-state index contributed by atoms with van der Waals surface area (Å²) >= 11 is 5.23. The van der Waals surface area contributed by atoms with Crippen LogP contribution >= 0.6 is 12.2 Å². The van der Waals surface area contributed by atoms with Crippen LogP contribution in [0.1, 0.15) is 42.1 Å². The summed E-state index contributed by atoms with van der Waals surface area (Å²) in [5, 5.41) is 16.8. The molecule has 2 N–H and O–H groups in total. The number of nitro benzene ring substituents is 1. The quantitative estimate of drug-likeness (QED) is 0.439. The molecule has 1 aliphatic rings. The van der Waals surface area contributed by atoms with Crippen LogP contribution in [0.3, 0.4) is 0 Å². The Hall–Kier alpha value is -3.00. The van der Waals surface area contributed by atoms with Crippen LogP contribution in [-0.2, 0) is 0 Å². The molecular weight excluding hydrogens is 388 g/mol. The lowest BCUT2D eigenvalue weighted by molar-refractivity contribution is -0.385. The highest BCUT2D eigenvalue weighted by atomic mass is 32.1. The van der Waals surface area contributed by atoms with Crippen molar-refractivity contribution in [2.24, 2.45) is 0 Å². The molecule has 152 valence electrons. The Kier molecular flexibility index (Phi) is 6.43. The van der Waals surface area contributed by atoms with E-state index < -0.39 is 10.8 Å². The van der Waals surface area contributed by atoms with Gasteiger partial charge < -0.3 is 10.2 Å². The first kappa shape index (κ1) is 20.7. The second-order valence-electron chi connectivity index (χ2n) is 7.20. The van der Waals surface area contributed by atoms with Crippen molar-refractivity contribution in [2.75, 3.05) is 16.8 Å². The summed E-state index contributed by atoms with van der Waals surface area (Å²) in [7, 11) is 0. The monoisotopic (exact) mass is 412 g/mol. The van der Waals surface area contributed by atoms with Crippen LogP contribution < -0.4 is 15.5 Å². The zero-order valence-corrected chi connectivity index (χ0v) is 17.3. The third kappa shape index (κ3) is 4.89. The minimum Gasteiger partial charge on any atom is -0.369 e. The number of nitrogens with zero attached hydrogens (tertiary/aromatic N) is 2. The summed E-state index contributed by atoms with van der Waals surface area (Å²) in [6.07, 6.45) is 3.68. The van der Waals surface area contributed by atoms with Gasteiger partial charge in [-0.15, -0.1) is 0 Å². The first-order valence-electron chi connectivity index (χ1n) is 9.60. The number of amides is 1. The molecule has 1 amide bonds. The van der Waals surface area contributed by atoms with Gasteiger partial charge in [-0.05, 0) is 75.7 Å². The predicted molar refractivity (Wildman–Crippen MR) is 119 cm³/mol. The van der Waals surface area contributed by atoms with E-state index in [0.717, 1.165) is 12.2 Å². The number of rotatable bonds is 4. The van der Waals surface area contributed by atoms with E-state index in [1.54, 1.807) is 6.92 Å². The average Bonchev–Trinajstić information content (AvgIpc) is 2.69. The lowest BCUT2D eigenvalue weighted by atomic mass is 10.0. The zero-order chi connectivity index (χ0) is 21.0. The molecule has 3 rings (SSSR count). The Morgan fingerprint density at radius 1 is 1.21 bits per heavy atom. The SMILES string of the molecule is Cc1c(C(=O)NC(=S)Nc2ccc(N3CCCC[C@@H]3C)cc2)cccc1[N+](=O)[O-]. The second-order valence-corrected chi connectivity index (χ2v) is 7.61. The van der Waals surface area contributed by atoms with Crippen molar-refractivity contribution < 1.29 is 9.72 Å². The number of hydrogen-bond acceptors (Lipinski definition) is 5. The Labute approximate surface area is 175 Å². The summed E-state index contributed by atoms with van der Waals surface area (Å²) in [4.78, 5) is 25.4. The van der Waals surface area contributed by atoms with Crippen LogP contribution in [-0.4, -0.2) is 28.5 Å². The maximum Gasteiger partial charge on any atom is 0.273 e. The molecule has 1 atom stereocenters. The predicted octanol–water partition coefficient (Wildman–Crippen LogP) is 4.41. The summed E-state index contributed by atoms with van der Waals surface area (Å²) in [5.74, 6) is -0.484. The van der Waals surface area contributed by atoms with Crippen LogP contribution in [0.2, 0.25) is 0 Å². The Morgan fingerprint density at radius 3 is 2.59 bits per heavy atom. The summed E-state index contributed by atoms with van der Waals surface area (Å²) < 4.78 is 0. The van der Waals surface area contributed by atoms with Gasteiger partial charge in [-0.2, -0.15) is 0 Å². The van der Waals surface area contributed by atoms with E-state index in [9.17, 15) is 14.9 Å². The molecule has 1 fully saturated rings. The number of benzene rings is 2. The number of hydrogen-bond donors (Lipinski definition) is 2. The summed E-state index contributed by atoms with van der Waals surface area (Å²) in [5.41, 5.74) is 2.36. The highest BCUT2D eigenvalue weighted by Crippen LogP contribution is 2.26. The van der Waals surface area contributed by atoms with E-state index in [1.807, 2.05) is 24.3 Å². The van der Waals surface area contributed by atoms with Crippen molar-refractivity contribution in [3.63, 3.8) is 0 Å². The van der Waals surface area contributed by atoms with Crippen LogP contribution in [0.15, 0.2) is 42.5 Å². The molecule has 1 heterocycles. The molecule has 0 aliphatic carbocycles. The van der Waals surface area contributed by atoms with Gasteiger partial charge in [0.1, 0.15) is 0 Å². The molecule has 7 nitrogen and oxygen atoms in total. The minimum atomic E-state index is -0.507. The zero-order valence-electron chi connectivity index (χ0n) is 16.5. The minimum absolute atomic E-state index is 0.0981. The van der Waals surface area contributed by atoms with Crippen molar-refractivity contribution >= 4 is 40.3 Å². The van der Waals surface area contributed by atoms with E-state index in [2.05, 4.69) is 22.5 Å². The Bertz CT molecular complexity index is 930. The molecule has 29 heavy (non-hydrogen) atoms. The summed E-state index contributed by atoms with van der Waals surface area (Å²) in [6.45, 7) is 4.85. The van der Waals surface area contributed by atoms with Crippen molar-refractivity contribution in [3.8, 4) is 0 Å². The molecule has 1 aliphatic heterocycles. The van der Waals surface area contributed by atoms with Gasteiger partial charge in [0, 0.05) is 41.2 Å². The van der Waals surface area contributed by atoms with Gasteiger partial charge in [0.05, 0.1) is 4.92 Å². The van der Waals surface area contributed by atoms with E-state index in [4.69, 9.17) is 12.2 Å². The topological polar surface area (TPSA) is 87.5 Å². The van der Waals surface area contributed by atoms with Gasteiger partial charge in [-0.1, -0.05) is 6.07 Å². The van der Waals surface area contributed by atoms with Crippen molar-refractivity contribution in [1.29, 1.82) is 0 Å². The van der Waals surface area contributed by atoms with Gasteiger partial charge in [0.25, 0.3) is 11.6 Å². The lowest BCUT2D eigenvalue weighted by Gasteiger charge is -2.35. The first-order valence-corrected chi connectivity index (χ1v) is 10.0. The van der Waals surface area contributed by atoms with Crippen molar-refractivity contribution in [1.82, 2.24) is 5.32 Å². The van der Waals surface area contributed by atoms with Crippen molar-refractivity contribution in [2.45, 2.75) is 39.2 Å². The van der Waals surface area contributed by atoms with Crippen LogP contribution in [0, 0.1) is 17.0 Å². The molecule has 0 radical (unpaired) electrons. The van der Waals surface area contributed by atoms with Gasteiger partial charge >= 0.3 is 0 Å². The Morgan fingerprint density at radius 2 is 1.93 bits per heavy atom. The molecule has 0 unspecified atom stereocenters. The van der Waals surface area contributed by atoms with Gasteiger partial charge in [0.15, 0.2) is 5.11 Å². The molecule has 0 spiro atoms. The fourth-order valence-corrected chi connectivity index (χ4v) is 3.83. The van der Waals surface area contributed by atoms with Gasteiger partial charge in [-0.3, -0.25) is 20.2 Å². The molecule has 0 bridgehead atoms. The lowest BCUT2D eigenvalue weighted by Crippen LogP contribution is -2.37. The highest BCUT2D eigenvalue weighted by Gasteiger charge is 2.20. The maximum absolute atomic E-state index is 12.5. The standard InChI is InChI=1S/C21H24N4O3S/c1-14-6-3-4-13-24(14)17-11-9-16(10-12-17)22-21(29)23-20(26)18-7-5-8-19(15(18)2)25(27)28/h5,7-12,14H,3-4,6,13H2,1-2H3,(H2,22,23,26,29)/t14-/m0/s1. The highest BCUT2D eigenvalue weighted by molar-refractivity contribution is 7.80. The smallest absolute Gasteiger partial charge is 0.273 e. The maximum atomic E-state index is 12.5. The third-order valence-electron chi connectivity index (χ3n) is 5.23. The molecule has 2 aromatic rings. The fraction of sp³-hybridized carbons (Fsp3) is 0.333. The average molecular weight is 413 g/mol. The van der Waals surface area contributed by atoms with Crippen molar-refractivity contribution in [3.05, 3.63) is 63.7 Å². The number of thiocarbonyl (C=S) groups is 1. The number of anilines is 2. The molecule has 8 heteroatoms. The first-order chi connectivity index (χ1) is 13.9. The number of nitro groups is 1. The third-order valence-corrected chi connectivity index (χ3v) is 5.44. The number of piperidine rings is 1. The van der Waals surface area contributed by atoms with E-state index in [-0.39, 0.29) is 16.4 Å². The number of carbonyl (C=O) groups excluding carboxylic acids is 1. The van der Waals surface area contributed by atoms with E-state index in [1.165, 1.54) is 43.1 Å². The fourth-order valence-electron chi connectivity index (χ4n) is 3.62. The molecule has 0 saturated carbocycles. The molecule has 1 saturated heterocycles. The van der Waals surface area contributed by atoms with Gasteiger partial charge in [0.2, 0.25) is 0 Å². The van der Waals surface area contributed by atoms with Gasteiger partial charge in [-0.25, -0.2) is 0 Å². The number of nitrogens with one attached hydrogen (secondary N) is 2. The second kappa shape index (κ2) is 9.00. The van der Waals surface area contributed by atoms with E-state index >= 15 is 0 Å². The summed E-state index contributed by atoms with van der Waals surface area (Å²) in [6, 6.07) is 12.8. The van der Waals surface area contributed by atoms with Crippen LogP contribution in [0.25, 0.3) is 0 Å². The molecular formula is C21H24N4O3S. The largest absolute Gasteiger partial charge is 0.369 e. The molecule has 2 aromatic carbocycles. The Balaban J connectivity index is 1.63. The van der Waals surface area contributed by atoms with Crippen LogP contribution in [0.5, 0.6) is 0 Å². The number of carbonyl (C=O) groups is 1. The molecule has 0 aromatic heterocycles. The normalized spacial score (nSPS) is 16.2.